The summed E-state index contributed by atoms with van der Waals surface area (Å²) in [6, 6.07) is 13.0. The maximum atomic E-state index is 13.8. The summed E-state index contributed by atoms with van der Waals surface area (Å²) in [7, 11) is 3.71. The molecule has 0 unspecified atom stereocenters. The van der Waals surface area contributed by atoms with Gasteiger partial charge in [0.25, 0.3) is 5.91 Å². The molecule has 0 radical (unpaired) electrons. The molecule has 10 heteroatoms. The molecule has 2 bridgehead atoms. The molecule has 4 aromatic rings. The first-order valence-electron chi connectivity index (χ1n) is 17.1. The van der Waals surface area contributed by atoms with Crippen LogP contribution in [0.5, 0.6) is 5.75 Å². The third kappa shape index (κ3) is 4.75. The fourth-order valence-corrected chi connectivity index (χ4v) is 8.54. The largest absolute Gasteiger partial charge is 0.494 e. The SMILES string of the molecule is CCNC(=O)N1CCC(c2cccc3cc(-c4nc5cc(C(=O)N6C[C@H]7CC[C@@H]6[C@@H]7N)cc(OC)c5n4C)n(CC4CC4)c23)CC1. The number of amides is 3. The van der Waals surface area contributed by atoms with Crippen LogP contribution in [0.4, 0.5) is 4.79 Å². The van der Waals surface area contributed by atoms with Gasteiger partial charge in [0.15, 0.2) is 5.82 Å². The summed E-state index contributed by atoms with van der Waals surface area (Å²) in [5.74, 6) is 2.98. The molecule has 4 aliphatic rings. The molecule has 10 nitrogen and oxygen atoms in total. The molecular weight excluding hydrogens is 578 g/mol. The van der Waals surface area contributed by atoms with E-state index in [0.717, 1.165) is 74.4 Å². The summed E-state index contributed by atoms with van der Waals surface area (Å²) in [6.45, 7) is 5.82. The number of nitrogens with two attached hydrogens (primary N) is 1. The number of aryl methyl sites for hydroxylation is 1. The van der Waals surface area contributed by atoms with E-state index >= 15 is 0 Å². The van der Waals surface area contributed by atoms with E-state index in [1.54, 1.807) is 7.11 Å². The standard InChI is InChI=1S/C36H45N7O3/c1-4-38-36(45)41-14-12-22(13-15-41)26-7-5-6-23-17-29(42(32(23)26)19-21-8-9-21)34-39-27-16-25(18-30(46-3)33(27)40(34)2)35(44)43-20-24-10-11-28(43)31(24)37/h5-7,16-18,21-22,24,28,31H,4,8-15,19-20,37H2,1-3H3,(H,38,45)/t24-,28-,31-/m1/s1. The Hall–Kier alpha value is -4.05. The summed E-state index contributed by atoms with van der Waals surface area (Å²) >= 11 is 0. The van der Waals surface area contributed by atoms with Crippen LogP contribution >= 0.6 is 0 Å². The zero-order chi connectivity index (χ0) is 31.7. The van der Waals surface area contributed by atoms with E-state index < -0.39 is 0 Å². The quantitative estimate of drug-likeness (QED) is 0.298. The molecule has 4 fully saturated rings. The molecule has 2 saturated carbocycles. The molecule has 4 heterocycles. The van der Waals surface area contributed by atoms with Crippen molar-refractivity contribution in [3.8, 4) is 17.3 Å². The molecule has 46 heavy (non-hydrogen) atoms. The number of hydrogen-bond acceptors (Lipinski definition) is 5. The third-order valence-electron chi connectivity index (χ3n) is 11.2. The molecule has 3 amide bonds. The molecular formula is C36H45N7O3. The van der Waals surface area contributed by atoms with Crippen molar-refractivity contribution in [2.24, 2.45) is 24.6 Å². The second kappa shape index (κ2) is 11.3. The normalized spacial score (nSPS) is 23.2. The molecule has 2 saturated heterocycles. The number of aromatic nitrogens is 3. The lowest BCUT2D eigenvalue weighted by molar-refractivity contribution is 0.0700. The molecule has 2 aliphatic carbocycles. The molecule has 2 aromatic heterocycles. The predicted molar refractivity (Wildman–Crippen MR) is 179 cm³/mol. The highest BCUT2D eigenvalue weighted by atomic mass is 16.5. The van der Waals surface area contributed by atoms with Crippen LogP contribution in [-0.2, 0) is 13.6 Å². The van der Waals surface area contributed by atoms with Gasteiger partial charge in [-0.3, -0.25) is 4.79 Å². The number of carbonyl (C=O) groups is 2. The van der Waals surface area contributed by atoms with Crippen molar-refractivity contribution >= 4 is 33.9 Å². The first-order chi connectivity index (χ1) is 22.4. The molecule has 8 rings (SSSR count). The number of nitrogens with zero attached hydrogens (tertiary/aromatic N) is 5. The number of rotatable bonds is 7. The third-order valence-corrected chi connectivity index (χ3v) is 11.2. The van der Waals surface area contributed by atoms with Crippen LogP contribution in [0.25, 0.3) is 33.5 Å². The van der Waals surface area contributed by atoms with Gasteiger partial charge in [0.2, 0.25) is 0 Å². The number of benzene rings is 2. The van der Waals surface area contributed by atoms with Gasteiger partial charge in [0, 0.05) is 62.8 Å². The second-order valence-electron chi connectivity index (χ2n) is 13.9. The maximum absolute atomic E-state index is 13.8. The van der Waals surface area contributed by atoms with Crippen LogP contribution in [0.1, 0.15) is 67.3 Å². The van der Waals surface area contributed by atoms with Crippen LogP contribution in [0.3, 0.4) is 0 Å². The lowest BCUT2D eigenvalue weighted by Gasteiger charge is -2.32. The van der Waals surface area contributed by atoms with Crippen molar-refractivity contribution in [1.29, 1.82) is 0 Å². The fraction of sp³-hybridized carbons (Fsp3) is 0.528. The Morgan fingerprint density at radius 2 is 1.85 bits per heavy atom. The van der Waals surface area contributed by atoms with Gasteiger partial charge in [0.1, 0.15) is 11.3 Å². The molecule has 2 aromatic carbocycles. The molecule has 3 N–H and O–H groups in total. The summed E-state index contributed by atoms with van der Waals surface area (Å²) in [5.41, 5.74) is 12.4. The van der Waals surface area contributed by atoms with Crippen LogP contribution in [-0.4, -0.2) is 81.2 Å². The predicted octanol–water partition coefficient (Wildman–Crippen LogP) is 5.08. The Kier molecular flexibility index (Phi) is 7.23. The highest BCUT2D eigenvalue weighted by Gasteiger charge is 2.47. The number of urea groups is 1. The Morgan fingerprint density at radius 3 is 2.52 bits per heavy atom. The number of hydrogen-bond donors (Lipinski definition) is 2. The van der Waals surface area contributed by atoms with E-state index in [-0.39, 0.29) is 24.0 Å². The minimum Gasteiger partial charge on any atom is -0.494 e. The Morgan fingerprint density at radius 1 is 1.04 bits per heavy atom. The number of imidazole rings is 1. The lowest BCUT2D eigenvalue weighted by atomic mass is 9.88. The van der Waals surface area contributed by atoms with Crippen LogP contribution in [0.2, 0.25) is 0 Å². The monoisotopic (exact) mass is 623 g/mol. The minimum absolute atomic E-state index is 0.0146. The second-order valence-corrected chi connectivity index (χ2v) is 13.9. The van der Waals surface area contributed by atoms with E-state index in [0.29, 0.717) is 35.6 Å². The van der Waals surface area contributed by atoms with Crippen LogP contribution in [0.15, 0.2) is 36.4 Å². The van der Waals surface area contributed by atoms with Gasteiger partial charge in [0.05, 0.1) is 23.8 Å². The van der Waals surface area contributed by atoms with Gasteiger partial charge in [-0.1, -0.05) is 18.2 Å². The molecule has 0 spiro atoms. The van der Waals surface area contributed by atoms with Crippen molar-refractivity contribution in [2.75, 3.05) is 33.3 Å². The molecule has 242 valence electrons. The lowest BCUT2D eigenvalue weighted by Crippen LogP contribution is -2.44. The summed E-state index contributed by atoms with van der Waals surface area (Å²) < 4.78 is 10.5. The zero-order valence-corrected chi connectivity index (χ0v) is 27.2. The van der Waals surface area contributed by atoms with Crippen LogP contribution < -0.4 is 15.8 Å². The van der Waals surface area contributed by atoms with E-state index in [4.69, 9.17) is 15.5 Å². The molecule has 3 atom stereocenters. The van der Waals surface area contributed by atoms with E-state index in [1.165, 1.54) is 29.3 Å². The highest BCUT2D eigenvalue weighted by molar-refractivity contribution is 6.00. The first-order valence-corrected chi connectivity index (χ1v) is 17.1. The Labute approximate surface area is 269 Å². The number of carbonyl (C=O) groups excluding carboxylic acids is 2. The number of likely N-dealkylation sites (tertiary alicyclic amines) is 2. The number of piperidine rings is 2. The summed E-state index contributed by atoms with van der Waals surface area (Å²) in [6.07, 6.45) is 6.47. The van der Waals surface area contributed by atoms with E-state index in [1.807, 2.05) is 35.9 Å². The number of nitrogens with one attached hydrogen (secondary N) is 1. The van der Waals surface area contributed by atoms with Gasteiger partial charge in [-0.05, 0) is 87.0 Å². The van der Waals surface area contributed by atoms with Gasteiger partial charge in [-0.15, -0.1) is 0 Å². The van der Waals surface area contributed by atoms with Crippen molar-refractivity contribution in [2.45, 2.75) is 70.0 Å². The topological polar surface area (TPSA) is 111 Å². The average Bonchev–Trinajstić information content (AvgIpc) is 3.46. The van der Waals surface area contributed by atoms with E-state index in [9.17, 15) is 9.59 Å². The summed E-state index contributed by atoms with van der Waals surface area (Å²) in [4.78, 5) is 35.4. The summed E-state index contributed by atoms with van der Waals surface area (Å²) in [5, 5.41) is 4.17. The first kappa shape index (κ1) is 29.4. The van der Waals surface area contributed by atoms with Crippen LogP contribution in [0, 0.1) is 11.8 Å². The van der Waals surface area contributed by atoms with Crippen molar-refractivity contribution < 1.29 is 14.3 Å². The molecule has 2 aliphatic heterocycles. The average molecular weight is 624 g/mol. The number of fused-ring (bicyclic) bond motifs is 4. The van der Waals surface area contributed by atoms with Crippen molar-refractivity contribution in [1.82, 2.24) is 29.2 Å². The smallest absolute Gasteiger partial charge is 0.317 e. The number of ether oxygens (including phenoxy) is 1. The Bertz CT molecular complexity index is 1830. The number of methoxy groups -OCH3 is 1. The maximum Gasteiger partial charge on any atom is 0.317 e. The van der Waals surface area contributed by atoms with Gasteiger partial charge in [-0.2, -0.15) is 0 Å². The van der Waals surface area contributed by atoms with Gasteiger partial charge >= 0.3 is 6.03 Å². The van der Waals surface area contributed by atoms with Gasteiger partial charge < -0.3 is 34.7 Å². The minimum atomic E-state index is 0.0146. The van der Waals surface area contributed by atoms with E-state index in [2.05, 4.69) is 38.7 Å². The fourth-order valence-electron chi connectivity index (χ4n) is 8.54. The number of para-hydroxylation sites is 1. The van der Waals surface area contributed by atoms with Crippen molar-refractivity contribution in [3.05, 3.63) is 47.5 Å². The highest BCUT2D eigenvalue weighted by Crippen LogP contribution is 2.42. The Balaban J connectivity index is 1.18. The van der Waals surface area contributed by atoms with Crippen molar-refractivity contribution in [3.63, 3.8) is 0 Å². The zero-order valence-electron chi connectivity index (χ0n) is 27.2. The van der Waals surface area contributed by atoms with Gasteiger partial charge in [-0.25, -0.2) is 9.78 Å².